The third-order valence-corrected chi connectivity index (χ3v) is 3.52. The molecule has 4 nitrogen and oxygen atoms in total. The van der Waals surface area contributed by atoms with E-state index in [1.165, 1.54) is 12.8 Å². The second kappa shape index (κ2) is 8.48. The fraction of sp³-hybridized carbons (Fsp3) is 0.929. The standard InChI is InChI=1S/C14H27NO3/c1-3-4-5-8-15(10-12(2)14(16)17)11-13-7-6-9-18-13/h12-13H,3-11H2,1-2H3,(H,16,17). The lowest BCUT2D eigenvalue weighted by Crippen LogP contribution is -2.38. The molecule has 1 aliphatic heterocycles. The highest BCUT2D eigenvalue weighted by Gasteiger charge is 2.22. The Labute approximate surface area is 110 Å². The van der Waals surface area contributed by atoms with E-state index in [2.05, 4.69) is 11.8 Å². The lowest BCUT2D eigenvalue weighted by atomic mass is 10.1. The zero-order valence-electron chi connectivity index (χ0n) is 11.7. The summed E-state index contributed by atoms with van der Waals surface area (Å²) in [6.07, 6.45) is 6.13. The van der Waals surface area contributed by atoms with Gasteiger partial charge in [-0.3, -0.25) is 9.69 Å². The van der Waals surface area contributed by atoms with Gasteiger partial charge in [0.2, 0.25) is 0 Å². The zero-order valence-corrected chi connectivity index (χ0v) is 11.7. The molecule has 0 bridgehead atoms. The summed E-state index contributed by atoms with van der Waals surface area (Å²) < 4.78 is 5.64. The van der Waals surface area contributed by atoms with Crippen LogP contribution < -0.4 is 0 Å². The molecule has 0 radical (unpaired) electrons. The lowest BCUT2D eigenvalue weighted by Gasteiger charge is -2.26. The first-order valence-corrected chi connectivity index (χ1v) is 7.20. The number of unbranched alkanes of at least 4 members (excludes halogenated alkanes) is 2. The van der Waals surface area contributed by atoms with E-state index in [9.17, 15) is 4.79 Å². The smallest absolute Gasteiger partial charge is 0.307 e. The molecule has 1 rings (SSSR count). The highest BCUT2D eigenvalue weighted by atomic mass is 16.5. The molecule has 1 heterocycles. The van der Waals surface area contributed by atoms with Crippen LogP contribution in [0.1, 0.15) is 46.0 Å². The number of carboxylic acid groups (broad SMARTS) is 1. The van der Waals surface area contributed by atoms with Crippen LogP contribution in [-0.2, 0) is 9.53 Å². The molecule has 0 amide bonds. The van der Waals surface area contributed by atoms with Gasteiger partial charge in [0.05, 0.1) is 12.0 Å². The van der Waals surface area contributed by atoms with Crippen molar-refractivity contribution in [1.29, 1.82) is 0 Å². The maximum absolute atomic E-state index is 10.9. The molecule has 0 saturated carbocycles. The highest BCUT2D eigenvalue weighted by Crippen LogP contribution is 2.15. The van der Waals surface area contributed by atoms with Crippen LogP contribution in [0.25, 0.3) is 0 Å². The number of ether oxygens (including phenoxy) is 1. The Bertz CT molecular complexity index is 239. The van der Waals surface area contributed by atoms with E-state index in [1.807, 2.05) is 0 Å². The summed E-state index contributed by atoms with van der Waals surface area (Å²) in [4.78, 5) is 13.2. The van der Waals surface area contributed by atoms with Crippen LogP contribution in [0.4, 0.5) is 0 Å². The van der Waals surface area contributed by atoms with Gasteiger partial charge in [0.1, 0.15) is 0 Å². The lowest BCUT2D eigenvalue weighted by molar-refractivity contribution is -0.141. The average Bonchev–Trinajstić information content (AvgIpc) is 2.81. The zero-order chi connectivity index (χ0) is 13.4. The number of hydrogen-bond acceptors (Lipinski definition) is 3. The van der Waals surface area contributed by atoms with E-state index < -0.39 is 5.97 Å². The average molecular weight is 257 g/mol. The number of carboxylic acids is 1. The Kier molecular flexibility index (Phi) is 7.28. The normalized spacial score (nSPS) is 21.4. The van der Waals surface area contributed by atoms with Gasteiger partial charge in [0.15, 0.2) is 0 Å². The number of hydrogen-bond donors (Lipinski definition) is 1. The van der Waals surface area contributed by atoms with Gasteiger partial charge < -0.3 is 9.84 Å². The van der Waals surface area contributed by atoms with Crippen molar-refractivity contribution in [2.45, 2.75) is 52.1 Å². The number of nitrogens with zero attached hydrogens (tertiary/aromatic N) is 1. The third-order valence-electron chi connectivity index (χ3n) is 3.52. The fourth-order valence-electron chi connectivity index (χ4n) is 2.38. The van der Waals surface area contributed by atoms with Gasteiger partial charge in [0, 0.05) is 19.7 Å². The van der Waals surface area contributed by atoms with Crippen molar-refractivity contribution in [3.8, 4) is 0 Å². The second-order valence-corrected chi connectivity index (χ2v) is 5.34. The Hall–Kier alpha value is -0.610. The SMILES string of the molecule is CCCCCN(CC1CCCO1)CC(C)C(=O)O. The molecule has 1 fully saturated rings. The van der Waals surface area contributed by atoms with Gasteiger partial charge in [-0.15, -0.1) is 0 Å². The molecule has 1 N–H and O–H groups in total. The molecule has 18 heavy (non-hydrogen) atoms. The van der Waals surface area contributed by atoms with Crippen LogP contribution in [-0.4, -0.2) is 48.3 Å². The summed E-state index contributed by atoms with van der Waals surface area (Å²) in [6.45, 7) is 7.35. The van der Waals surface area contributed by atoms with E-state index in [4.69, 9.17) is 9.84 Å². The quantitative estimate of drug-likeness (QED) is 0.644. The van der Waals surface area contributed by atoms with Gasteiger partial charge >= 0.3 is 5.97 Å². The number of rotatable bonds is 9. The van der Waals surface area contributed by atoms with Gasteiger partial charge in [0.25, 0.3) is 0 Å². The molecule has 0 aromatic rings. The van der Waals surface area contributed by atoms with Crippen molar-refractivity contribution < 1.29 is 14.6 Å². The van der Waals surface area contributed by atoms with Crippen LogP contribution in [0.3, 0.4) is 0 Å². The van der Waals surface area contributed by atoms with Crippen LogP contribution in [0.15, 0.2) is 0 Å². The van der Waals surface area contributed by atoms with Crippen LogP contribution in [0.2, 0.25) is 0 Å². The van der Waals surface area contributed by atoms with Crippen LogP contribution in [0, 0.1) is 5.92 Å². The minimum Gasteiger partial charge on any atom is -0.481 e. The van der Waals surface area contributed by atoms with Crippen molar-refractivity contribution >= 4 is 5.97 Å². The molecule has 0 aromatic heterocycles. The Balaban J connectivity index is 2.37. The van der Waals surface area contributed by atoms with Gasteiger partial charge in [-0.25, -0.2) is 0 Å². The molecule has 4 heteroatoms. The molecule has 0 aliphatic carbocycles. The molecular weight excluding hydrogens is 230 g/mol. The molecular formula is C14H27NO3. The Morgan fingerprint density at radius 3 is 2.83 bits per heavy atom. The molecule has 2 atom stereocenters. The predicted octanol–water partition coefficient (Wildman–Crippen LogP) is 2.38. The molecule has 1 saturated heterocycles. The van der Waals surface area contributed by atoms with E-state index in [-0.39, 0.29) is 5.92 Å². The van der Waals surface area contributed by atoms with Crippen molar-refractivity contribution in [2.24, 2.45) is 5.92 Å². The first kappa shape index (κ1) is 15.4. The number of carbonyl (C=O) groups is 1. The summed E-state index contributed by atoms with van der Waals surface area (Å²) in [5.41, 5.74) is 0. The van der Waals surface area contributed by atoms with Crippen molar-refractivity contribution in [1.82, 2.24) is 4.90 Å². The summed E-state index contributed by atoms with van der Waals surface area (Å²) in [6, 6.07) is 0. The summed E-state index contributed by atoms with van der Waals surface area (Å²) in [5.74, 6) is -1.00. The molecule has 1 aliphatic rings. The van der Waals surface area contributed by atoms with Crippen LogP contribution >= 0.6 is 0 Å². The number of aliphatic carboxylic acids is 1. The van der Waals surface area contributed by atoms with Gasteiger partial charge in [-0.2, -0.15) is 0 Å². The second-order valence-electron chi connectivity index (χ2n) is 5.34. The first-order chi connectivity index (χ1) is 8.63. The van der Waals surface area contributed by atoms with Gasteiger partial charge in [-0.05, 0) is 25.8 Å². The molecule has 0 spiro atoms. The minimum atomic E-state index is -0.706. The fourth-order valence-corrected chi connectivity index (χ4v) is 2.38. The van der Waals surface area contributed by atoms with E-state index in [1.54, 1.807) is 6.92 Å². The molecule has 2 unspecified atom stereocenters. The topological polar surface area (TPSA) is 49.8 Å². The monoisotopic (exact) mass is 257 g/mol. The summed E-state index contributed by atoms with van der Waals surface area (Å²) in [7, 11) is 0. The van der Waals surface area contributed by atoms with Crippen LogP contribution in [0.5, 0.6) is 0 Å². The van der Waals surface area contributed by atoms with E-state index >= 15 is 0 Å². The minimum absolute atomic E-state index is 0.298. The maximum atomic E-state index is 10.9. The Morgan fingerprint density at radius 1 is 1.50 bits per heavy atom. The van der Waals surface area contributed by atoms with Gasteiger partial charge in [-0.1, -0.05) is 26.7 Å². The maximum Gasteiger partial charge on any atom is 0.307 e. The highest BCUT2D eigenvalue weighted by molar-refractivity contribution is 5.69. The largest absolute Gasteiger partial charge is 0.481 e. The van der Waals surface area contributed by atoms with E-state index in [0.29, 0.717) is 12.6 Å². The Morgan fingerprint density at radius 2 is 2.28 bits per heavy atom. The molecule has 106 valence electrons. The third kappa shape index (κ3) is 5.83. The van der Waals surface area contributed by atoms with E-state index in [0.717, 1.165) is 39.0 Å². The molecule has 0 aromatic carbocycles. The predicted molar refractivity (Wildman–Crippen MR) is 71.7 cm³/mol. The van der Waals surface area contributed by atoms with Crippen molar-refractivity contribution in [3.05, 3.63) is 0 Å². The summed E-state index contributed by atoms with van der Waals surface area (Å²) in [5, 5.41) is 9.01. The first-order valence-electron chi connectivity index (χ1n) is 7.20. The summed E-state index contributed by atoms with van der Waals surface area (Å²) >= 11 is 0. The van der Waals surface area contributed by atoms with Crippen molar-refractivity contribution in [2.75, 3.05) is 26.2 Å². The van der Waals surface area contributed by atoms with Crippen molar-refractivity contribution in [3.63, 3.8) is 0 Å².